The van der Waals surface area contributed by atoms with Crippen LogP contribution in [0.5, 0.6) is 0 Å². The summed E-state index contributed by atoms with van der Waals surface area (Å²) in [6.07, 6.45) is 16.7. The molecule has 4 N–H and O–H groups in total. The molecule has 2 aliphatic carbocycles. The van der Waals surface area contributed by atoms with Gasteiger partial charge in [-0.25, -0.2) is 0 Å². The molecule has 0 bridgehead atoms. The molecule has 2 amide bonds. The molecule has 2 aliphatic rings. The number of nitrogens with one attached hydrogen (secondary N) is 4. The summed E-state index contributed by atoms with van der Waals surface area (Å²) in [5.74, 6) is 2.87. The lowest BCUT2D eigenvalue weighted by Crippen LogP contribution is -2.40. The van der Waals surface area contributed by atoms with Gasteiger partial charge >= 0.3 is 0 Å². The lowest BCUT2D eigenvalue weighted by atomic mass is 9.79. The first kappa shape index (κ1) is 51.8. The Bertz CT molecular complexity index is 1500. The molecule has 0 saturated heterocycles. The lowest BCUT2D eigenvalue weighted by Gasteiger charge is -2.33. The van der Waals surface area contributed by atoms with Crippen molar-refractivity contribution < 1.29 is 19.1 Å². The zero-order valence-electron chi connectivity index (χ0n) is 40.3. The van der Waals surface area contributed by atoms with Crippen LogP contribution in [0.15, 0.2) is 12.4 Å². The van der Waals surface area contributed by atoms with E-state index in [1.807, 2.05) is 19.4 Å². The first-order valence-corrected chi connectivity index (χ1v) is 24.4. The fourth-order valence-corrected chi connectivity index (χ4v) is 9.56. The number of carbonyl (C=O) groups is 2. The molecule has 14 nitrogen and oxygen atoms in total. The number of carbonyl (C=O) groups excluding carboxylic acids is 2. The van der Waals surface area contributed by atoms with Crippen molar-refractivity contribution in [1.29, 1.82) is 0 Å². The molecule has 2 saturated carbocycles. The number of H-pyrrole nitrogens is 2. The van der Waals surface area contributed by atoms with Gasteiger partial charge in [0.25, 0.3) is 0 Å². The summed E-state index contributed by atoms with van der Waals surface area (Å²) >= 11 is 0. The first-order chi connectivity index (χ1) is 30.0. The molecule has 0 aromatic carbocycles. The Kier molecular flexibility index (Phi) is 24.1. The maximum absolute atomic E-state index is 13.9. The van der Waals surface area contributed by atoms with Gasteiger partial charge in [0.15, 0.2) is 0 Å². The smallest absolute Gasteiger partial charge is 0.225 e. The van der Waals surface area contributed by atoms with Crippen LogP contribution in [0.2, 0.25) is 0 Å². The topological polar surface area (TPSA) is 147 Å². The summed E-state index contributed by atoms with van der Waals surface area (Å²) in [4.78, 5) is 36.5. The zero-order chi connectivity index (χ0) is 44.7. The molecule has 2 aromatic rings. The number of rotatable bonds is 31. The van der Waals surface area contributed by atoms with Gasteiger partial charge in [0.1, 0.15) is 0 Å². The van der Waals surface area contributed by atoms with Gasteiger partial charge < -0.3 is 39.7 Å². The summed E-state index contributed by atoms with van der Waals surface area (Å²) in [6.45, 7) is 17.9. The van der Waals surface area contributed by atoms with Crippen LogP contribution in [-0.4, -0.2) is 159 Å². The number of likely N-dealkylation sites (N-methyl/N-ethyl adjacent to an activating group) is 3. The van der Waals surface area contributed by atoms with E-state index in [0.29, 0.717) is 48.7 Å². The van der Waals surface area contributed by atoms with Crippen molar-refractivity contribution in [3.8, 4) is 0 Å². The number of nitrogens with zero attached hydrogens (tertiary/aromatic N) is 6. The van der Waals surface area contributed by atoms with Gasteiger partial charge in [-0.05, 0) is 123 Å². The van der Waals surface area contributed by atoms with Crippen molar-refractivity contribution in [2.75, 3.05) is 107 Å². The monoisotopic (exact) mass is 869 g/mol. The van der Waals surface area contributed by atoms with E-state index in [9.17, 15) is 9.59 Å². The Morgan fingerprint density at radius 1 is 0.661 bits per heavy atom. The van der Waals surface area contributed by atoms with Crippen molar-refractivity contribution in [2.24, 2.45) is 23.7 Å². The van der Waals surface area contributed by atoms with E-state index < -0.39 is 0 Å². The van der Waals surface area contributed by atoms with E-state index in [2.05, 4.69) is 85.5 Å². The normalized spacial score (nSPS) is 20.0. The Hall–Kier alpha value is -2.88. The molecule has 1 unspecified atom stereocenters. The van der Waals surface area contributed by atoms with Gasteiger partial charge in [0.05, 0.1) is 12.4 Å². The highest BCUT2D eigenvalue weighted by molar-refractivity contribution is 5.79. The predicted octanol–water partition coefficient (Wildman–Crippen LogP) is 6.25. The average molecular weight is 869 g/mol. The Morgan fingerprint density at radius 3 is 1.58 bits per heavy atom. The maximum Gasteiger partial charge on any atom is 0.225 e. The molecule has 14 heteroatoms. The van der Waals surface area contributed by atoms with E-state index in [-0.39, 0.29) is 11.8 Å². The lowest BCUT2D eigenvalue weighted by molar-refractivity contribution is -0.137. The van der Waals surface area contributed by atoms with Crippen molar-refractivity contribution in [3.05, 3.63) is 34.9 Å². The van der Waals surface area contributed by atoms with Gasteiger partial charge in [-0.1, -0.05) is 20.8 Å². The SMILES string of the molecule is CNCCN(C)Cc1cn[nH]c1C1CCC(C(=O)N(CCCOC)CCC(C)CCNCCN(C)Cc2cn[nH]c2C2CCC(C(=O)N(CCCOC)CCC(C)C)CC2)CC1. The van der Waals surface area contributed by atoms with Gasteiger partial charge in [0.2, 0.25) is 11.8 Å². The van der Waals surface area contributed by atoms with Crippen LogP contribution in [0.1, 0.15) is 139 Å². The highest BCUT2D eigenvalue weighted by atomic mass is 16.5. The third kappa shape index (κ3) is 17.6. The maximum atomic E-state index is 13.9. The quantitative estimate of drug-likeness (QED) is 0.0643. The molecule has 2 aromatic heterocycles. The molecular formula is C48H88N10O4. The minimum absolute atomic E-state index is 0.100. The van der Waals surface area contributed by atoms with Crippen molar-refractivity contribution in [2.45, 2.75) is 129 Å². The molecule has 1 atom stereocenters. The summed E-state index contributed by atoms with van der Waals surface area (Å²) in [5.41, 5.74) is 5.08. The van der Waals surface area contributed by atoms with E-state index in [1.54, 1.807) is 14.2 Å². The number of aromatic nitrogens is 4. The first-order valence-electron chi connectivity index (χ1n) is 24.4. The van der Waals surface area contributed by atoms with E-state index in [4.69, 9.17) is 9.47 Å². The Balaban J connectivity index is 1.14. The highest BCUT2D eigenvalue weighted by Crippen LogP contribution is 2.39. The number of ether oxygens (including phenoxy) is 2. The van der Waals surface area contributed by atoms with Gasteiger partial charge in [-0.15, -0.1) is 0 Å². The minimum Gasteiger partial charge on any atom is -0.385 e. The summed E-state index contributed by atoms with van der Waals surface area (Å²) in [7, 11) is 9.81. The van der Waals surface area contributed by atoms with Crippen LogP contribution in [-0.2, 0) is 32.2 Å². The van der Waals surface area contributed by atoms with Crippen LogP contribution in [0.25, 0.3) is 0 Å². The van der Waals surface area contributed by atoms with Crippen LogP contribution in [0.3, 0.4) is 0 Å². The van der Waals surface area contributed by atoms with Crippen LogP contribution >= 0.6 is 0 Å². The molecule has 62 heavy (non-hydrogen) atoms. The largest absolute Gasteiger partial charge is 0.385 e. The van der Waals surface area contributed by atoms with Crippen LogP contribution in [0, 0.1) is 23.7 Å². The minimum atomic E-state index is 0.100. The third-order valence-corrected chi connectivity index (χ3v) is 13.6. The summed E-state index contributed by atoms with van der Waals surface area (Å²) in [6, 6.07) is 0. The zero-order valence-corrected chi connectivity index (χ0v) is 40.3. The number of aromatic amines is 2. The van der Waals surface area contributed by atoms with Gasteiger partial charge in [-0.2, -0.15) is 10.2 Å². The van der Waals surface area contributed by atoms with Crippen LogP contribution < -0.4 is 10.6 Å². The van der Waals surface area contributed by atoms with Crippen molar-refractivity contribution in [3.63, 3.8) is 0 Å². The second-order valence-electron chi connectivity index (χ2n) is 19.3. The Labute approximate surface area is 375 Å². The molecule has 0 spiro atoms. The number of hydrogen-bond donors (Lipinski definition) is 4. The second kappa shape index (κ2) is 28.8. The summed E-state index contributed by atoms with van der Waals surface area (Å²) in [5, 5.41) is 22.5. The highest BCUT2D eigenvalue weighted by Gasteiger charge is 2.33. The van der Waals surface area contributed by atoms with E-state index in [0.717, 1.165) is 155 Å². The van der Waals surface area contributed by atoms with Crippen molar-refractivity contribution >= 4 is 11.8 Å². The molecule has 2 heterocycles. The fourth-order valence-electron chi connectivity index (χ4n) is 9.56. The summed E-state index contributed by atoms with van der Waals surface area (Å²) < 4.78 is 10.6. The molecule has 2 fully saturated rings. The number of hydrogen-bond acceptors (Lipinski definition) is 10. The Morgan fingerprint density at radius 2 is 1.13 bits per heavy atom. The van der Waals surface area contributed by atoms with Crippen molar-refractivity contribution in [1.82, 2.24) is 50.6 Å². The number of methoxy groups -OCH3 is 2. The molecule has 0 aliphatic heterocycles. The van der Waals surface area contributed by atoms with Crippen LogP contribution in [0.4, 0.5) is 0 Å². The second-order valence-corrected chi connectivity index (χ2v) is 19.3. The standard InChI is InChI=1S/C48H88N10O4/c1-37(2)20-27-57(25-9-31-61-7)47(59)41-15-11-40(12-16-41)46-44(34-52-54-46)36-56(6)30-24-50-22-19-38(3)21-28-58(26-10-32-62-8)48(60)42-17-13-39(14-18-42)45-43(33-51-53-45)35-55(5)29-23-49-4/h33-34,37-42,49-50H,9-32,35-36H2,1-8H3,(H,51,53)(H,52,54). The van der Waals surface area contributed by atoms with Gasteiger partial charge in [0, 0.05) is 139 Å². The molecule has 0 radical (unpaired) electrons. The average Bonchev–Trinajstić information content (AvgIpc) is 3.94. The third-order valence-electron chi connectivity index (χ3n) is 13.6. The number of amides is 2. The predicted molar refractivity (Wildman–Crippen MR) is 250 cm³/mol. The fraction of sp³-hybridized carbons (Fsp3) is 0.833. The van der Waals surface area contributed by atoms with E-state index in [1.165, 1.54) is 22.5 Å². The molecule has 354 valence electrons. The molecular weight excluding hydrogens is 781 g/mol. The van der Waals surface area contributed by atoms with Gasteiger partial charge in [-0.3, -0.25) is 19.8 Å². The van der Waals surface area contributed by atoms with E-state index >= 15 is 0 Å². The molecule has 4 rings (SSSR count).